The number of carbonyl (C=O) groups is 1. The molecule has 35 heavy (non-hydrogen) atoms. The minimum atomic E-state index is -0.320. The van der Waals surface area contributed by atoms with Crippen molar-refractivity contribution in [2.24, 2.45) is 0 Å². The van der Waals surface area contributed by atoms with E-state index in [4.69, 9.17) is 28.6 Å². The van der Waals surface area contributed by atoms with Crippen LogP contribution in [0.1, 0.15) is 15.9 Å². The summed E-state index contributed by atoms with van der Waals surface area (Å²) in [5.74, 6) is 0.439. The summed E-state index contributed by atoms with van der Waals surface area (Å²) in [4.78, 5) is 14.5. The van der Waals surface area contributed by atoms with E-state index in [1.165, 1.54) is 0 Å². The molecule has 0 unspecified atom stereocenters. The highest BCUT2D eigenvalue weighted by molar-refractivity contribution is 7.80. The molecule has 0 spiro atoms. The van der Waals surface area contributed by atoms with Crippen molar-refractivity contribution in [3.8, 4) is 11.4 Å². The zero-order valence-corrected chi connectivity index (χ0v) is 20.4. The molecule has 4 aromatic carbocycles. The van der Waals surface area contributed by atoms with Crippen molar-refractivity contribution in [2.75, 3.05) is 12.4 Å². The fourth-order valence-electron chi connectivity index (χ4n) is 3.83. The van der Waals surface area contributed by atoms with Crippen molar-refractivity contribution >= 4 is 62.3 Å². The predicted molar refractivity (Wildman–Crippen MR) is 143 cm³/mol. The molecular weight excluding hydrogens is 482 g/mol. The van der Waals surface area contributed by atoms with Crippen LogP contribution in [0.3, 0.4) is 0 Å². The Morgan fingerprint density at radius 2 is 1.66 bits per heavy atom. The van der Waals surface area contributed by atoms with Crippen molar-refractivity contribution in [1.29, 1.82) is 0 Å². The Morgan fingerprint density at radius 3 is 2.40 bits per heavy atom. The standard InChI is InChI=1S/C26H20ClN5O2S/c1-15-13-23-24(31-32(30-23)16-9-11-17(34-2)12-10-16)14-22(15)28-26(35)29-25(33)20-7-3-6-19-18(20)5-4-8-21(19)27/h3-14H,1-2H3,(H2,28,29,33,35). The highest BCUT2D eigenvalue weighted by Crippen LogP contribution is 2.26. The molecule has 174 valence electrons. The molecule has 0 radical (unpaired) electrons. The Morgan fingerprint density at radius 1 is 0.971 bits per heavy atom. The first kappa shape index (κ1) is 22.8. The molecule has 0 bridgehead atoms. The van der Waals surface area contributed by atoms with Gasteiger partial charge in [-0.15, -0.1) is 10.2 Å². The number of nitrogens with one attached hydrogen (secondary N) is 2. The van der Waals surface area contributed by atoms with Gasteiger partial charge in [-0.2, -0.15) is 4.80 Å². The average Bonchev–Trinajstić information content (AvgIpc) is 3.26. The van der Waals surface area contributed by atoms with E-state index in [2.05, 4.69) is 20.8 Å². The van der Waals surface area contributed by atoms with Gasteiger partial charge in [0.1, 0.15) is 16.8 Å². The molecule has 2 N–H and O–H groups in total. The van der Waals surface area contributed by atoms with Gasteiger partial charge in [-0.05, 0) is 78.6 Å². The zero-order chi connectivity index (χ0) is 24.5. The van der Waals surface area contributed by atoms with Gasteiger partial charge in [0.15, 0.2) is 5.11 Å². The van der Waals surface area contributed by atoms with Crippen LogP contribution >= 0.6 is 23.8 Å². The van der Waals surface area contributed by atoms with Gasteiger partial charge in [0.2, 0.25) is 0 Å². The maximum atomic E-state index is 13.0. The third-order valence-corrected chi connectivity index (χ3v) is 6.15. The maximum absolute atomic E-state index is 13.0. The third-order valence-electron chi connectivity index (χ3n) is 5.62. The third kappa shape index (κ3) is 4.53. The molecule has 0 saturated heterocycles. The summed E-state index contributed by atoms with van der Waals surface area (Å²) in [5, 5.41) is 17.3. The van der Waals surface area contributed by atoms with Crippen LogP contribution in [0.2, 0.25) is 5.02 Å². The van der Waals surface area contributed by atoms with E-state index < -0.39 is 0 Å². The first-order chi connectivity index (χ1) is 16.9. The summed E-state index contributed by atoms with van der Waals surface area (Å²) in [7, 11) is 1.62. The van der Waals surface area contributed by atoms with Crippen LogP contribution in [0.5, 0.6) is 5.75 Å². The Bertz CT molecular complexity index is 1600. The lowest BCUT2D eigenvalue weighted by atomic mass is 10.0. The lowest BCUT2D eigenvalue weighted by Gasteiger charge is -2.13. The molecule has 0 fully saturated rings. The first-order valence-corrected chi connectivity index (χ1v) is 11.5. The molecule has 5 rings (SSSR count). The number of aromatic nitrogens is 3. The number of hydrogen-bond donors (Lipinski definition) is 2. The number of halogens is 1. The van der Waals surface area contributed by atoms with Gasteiger partial charge in [0, 0.05) is 21.7 Å². The molecule has 0 aliphatic heterocycles. The van der Waals surface area contributed by atoms with Crippen LogP contribution < -0.4 is 15.4 Å². The first-order valence-electron chi connectivity index (χ1n) is 10.7. The lowest BCUT2D eigenvalue weighted by Crippen LogP contribution is -2.34. The van der Waals surface area contributed by atoms with Gasteiger partial charge in [-0.25, -0.2) is 0 Å². The van der Waals surface area contributed by atoms with Gasteiger partial charge in [0.05, 0.1) is 12.8 Å². The highest BCUT2D eigenvalue weighted by Gasteiger charge is 2.14. The Labute approximate surface area is 211 Å². The Kier molecular flexibility index (Phi) is 6.07. The van der Waals surface area contributed by atoms with E-state index >= 15 is 0 Å². The van der Waals surface area contributed by atoms with Gasteiger partial charge in [-0.3, -0.25) is 10.1 Å². The number of rotatable bonds is 4. The molecule has 0 atom stereocenters. The van der Waals surface area contributed by atoms with Crippen LogP contribution in [0.4, 0.5) is 5.69 Å². The van der Waals surface area contributed by atoms with E-state index in [1.807, 2.05) is 61.5 Å². The summed E-state index contributed by atoms with van der Waals surface area (Å²) in [6.07, 6.45) is 0. The number of thiocarbonyl (C=S) groups is 1. The smallest absolute Gasteiger partial charge is 0.258 e. The summed E-state index contributed by atoms with van der Waals surface area (Å²) >= 11 is 11.7. The SMILES string of the molecule is COc1ccc(-n2nc3cc(C)c(NC(=S)NC(=O)c4cccc5c(Cl)cccc45)cc3n2)cc1. The van der Waals surface area contributed by atoms with Crippen LogP contribution in [-0.2, 0) is 0 Å². The van der Waals surface area contributed by atoms with E-state index in [9.17, 15) is 4.79 Å². The van der Waals surface area contributed by atoms with Crippen molar-refractivity contribution in [1.82, 2.24) is 20.3 Å². The number of amides is 1. The molecule has 0 aliphatic rings. The van der Waals surface area contributed by atoms with Crippen LogP contribution in [0.25, 0.3) is 27.5 Å². The number of hydrogen-bond acceptors (Lipinski definition) is 5. The number of fused-ring (bicyclic) bond motifs is 2. The van der Waals surface area contributed by atoms with Crippen molar-refractivity contribution in [3.05, 3.63) is 88.9 Å². The Hall–Kier alpha value is -4.01. The van der Waals surface area contributed by atoms with Crippen LogP contribution in [0.15, 0.2) is 72.8 Å². The monoisotopic (exact) mass is 501 g/mol. The summed E-state index contributed by atoms with van der Waals surface area (Å²) < 4.78 is 5.21. The number of anilines is 1. The van der Waals surface area contributed by atoms with Crippen molar-refractivity contribution < 1.29 is 9.53 Å². The van der Waals surface area contributed by atoms with E-state index in [0.717, 1.165) is 39.0 Å². The van der Waals surface area contributed by atoms with Crippen molar-refractivity contribution in [3.63, 3.8) is 0 Å². The highest BCUT2D eigenvalue weighted by atomic mass is 35.5. The molecule has 0 aliphatic carbocycles. The second-order valence-electron chi connectivity index (χ2n) is 7.89. The molecule has 9 heteroatoms. The molecule has 5 aromatic rings. The van der Waals surface area contributed by atoms with E-state index in [0.29, 0.717) is 16.1 Å². The van der Waals surface area contributed by atoms with Gasteiger partial charge < -0.3 is 10.1 Å². The summed E-state index contributed by atoms with van der Waals surface area (Å²) in [5.41, 5.74) is 4.37. The Balaban J connectivity index is 1.36. The normalized spacial score (nSPS) is 10.9. The number of ether oxygens (including phenoxy) is 1. The largest absolute Gasteiger partial charge is 0.497 e. The van der Waals surface area contributed by atoms with Gasteiger partial charge in [0.25, 0.3) is 5.91 Å². The van der Waals surface area contributed by atoms with Crippen LogP contribution in [0, 0.1) is 6.92 Å². The van der Waals surface area contributed by atoms with E-state index in [-0.39, 0.29) is 11.0 Å². The number of carbonyl (C=O) groups excluding carboxylic acids is 1. The number of methoxy groups -OCH3 is 1. The molecule has 1 amide bonds. The maximum Gasteiger partial charge on any atom is 0.258 e. The fourth-order valence-corrected chi connectivity index (χ4v) is 4.27. The molecular formula is C26H20ClN5O2S. The van der Waals surface area contributed by atoms with Crippen LogP contribution in [-0.4, -0.2) is 33.1 Å². The second kappa shape index (κ2) is 9.32. The minimum Gasteiger partial charge on any atom is -0.497 e. The molecule has 1 aromatic heterocycles. The quantitative estimate of drug-likeness (QED) is 0.309. The number of nitrogens with zero attached hydrogens (tertiary/aromatic N) is 3. The van der Waals surface area contributed by atoms with Gasteiger partial charge >= 0.3 is 0 Å². The minimum absolute atomic E-state index is 0.180. The lowest BCUT2D eigenvalue weighted by molar-refractivity contribution is 0.0979. The van der Waals surface area contributed by atoms with Crippen molar-refractivity contribution in [2.45, 2.75) is 6.92 Å². The fraction of sp³-hybridized carbons (Fsp3) is 0.0769. The molecule has 0 saturated carbocycles. The second-order valence-corrected chi connectivity index (χ2v) is 8.71. The summed E-state index contributed by atoms with van der Waals surface area (Å²) in [6, 6.07) is 22.1. The average molecular weight is 502 g/mol. The topological polar surface area (TPSA) is 81.1 Å². The van der Waals surface area contributed by atoms with E-state index in [1.54, 1.807) is 30.1 Å². The predicted octanol–water partition coefficient (Wildman–Crippen LogP) is 5.67. The number of benzene rings is 4. The molecule has 7 nitrogen and oxygen atoms in total. The molecule has 1 heterocycles. The van der Waals surface area contributed by atoms with Gasteiger partial charge in [-0.1, -0.05) is 35.9 Å². The number of aryl methyl sites for hydroxylation is 1. The summed E-state index contributed by atoms with van der Waals surface area (Å²) in [6.45, 7) is 1.94. The zero-order valence-electron chi connectivity index (χ0n) is 18.9.